The maximum absolute atomic E-state index is 14.1. The molecule has 19 heteroatoms. The van der Waals surface area contributed by atoms with E-state index in [1.165, 1.54) is 0 Å². The third kappa shape index (κ3) is 4.81. The first-order chi connectivity index (χ1) is 15.7. The third-order valence-corrected chi connectivity index (χ3v) is 5.47. The molecule has 0 saturated heterocycles. The molecule has 0 aromatic heterocycles. The van der Waals surface area contributed by atoms with Gasteiger partial charge in [0.05, 0.1) is 6.10 Å². The van der Waals surface area contributed by atoms with Crippen LogP contribution in [0.15, 0.2) is 24.3 Å². The summed E-state index contributed by atoms with van der Waals surface area (Å²) in [6.45, 7) is 0. The summed E-state index contributed by atoms with van der Waals surface area (Å²) in [5.74, 6) is -56.5. The van der Waals surface area contributed by atoms with E-state index in [9.17, 15) is 74.6 Å². The van der Waals surface area contributed by atoms with Crippen LogP contribution in [-0.2, 0) is 4.74 Å². The monoisotopic (exact) mass is 680 g/mol. The van der Waals surface area contributed by atoms with Crippen LogP contribution in [0.3, 0.4) is 0 Å². The van der Waals surface area contributed by atoms with Gasteiger partial charge in [0.15, 0.2) is 0 Å². The van der Waals surface area contributed by atoms with Gasteiger partial charge in [-0.15, -0.1) is 0 Å². The van der Waals surface area contributed by atoms with Crippen LogP contribution >= 0.6 is 22.6 Å². The standard InChI is InChI=1S/C17H10F17IO/c1-36-9(7-2-4-8(35)5-3-7)6-10(18,19)11(20,21)12(22,23)13(24,25)14(26,27)15(28,29)16(30,31)17(32,33)34/h2-5,9H,6H2,1H3. The minimum atomic E-state index is -8.64. The topological polar surface area (TPSA) is 9.23 Å². The van der Waals surface area contributed by atoms with Crippen molar-refractivity contribution in [3.8, 4) is 0 Å². The zero-order valence-corrected chi connectivity index (χ0v) is 19.0. The fourth-order valence-electron chi connectivity index (χ4n) is 2.57. The average molecular weight is 680 g/mol. The number of ether oxygens (including phenoxy) is 1. The number of halogens is 18. The minimum absolute atomic E-state index is 0.410. The van der Waals surface area contributed by atoms with Crippen LogP contribution in [-0.4, -0.2) is 54.7 Å². The number of rotatable bonds is 10. The first-order valence-electron chi connectivity index (χ1n) is 8.67. The summed E-state index contributed by atoms with van der Waals surface area (Å²) in [6, 6.07) is 4.10. The van der Waals surface area contributed by atoms with Crippen molar-refractivity contribution in [2.24, 2.45) is 0 Å². The van der Waals surface area contributed by atoms with E-state index in [1.807, 2.05) is 0 Å². The molecule has 0 saturated carbocycles. The van der Waals surface area contributed by atoms with Gasteiger partial charge in [-0.25, -0.2) is 0 Å². The fraction of sp³-hybridized carbons (Fsp3) is 0.647. The number of alkyl halides is 17. The van der Waals surface area contributed by atoms with E-state index in [2.05, 4.69) is 4.74 Å². The van der Waals surface area contributed by atoms with Crippen molar-refractivity contribution >= 4 is 22.6 Å². The quantitative estimate of drug-likeness (QED) is 0.178. The van der Waals surface area contributed by atoms with Gasteiger partial charge >= 0.3 is 47.6 Å². The SMILES string of the molecule is COC(CC(F)(F)C(F)(F)C(F)(F)C(F)(F)C(F)(F)C(F)(F)C(F)(F)C(F)(F)F)c1ccc(I)cc1. The molecule has 1 aromatic rings. The van der Waals surface area contributed by atoms with Crippen molar-refractivity contribution in [2.45, 2.75) is 60.2 Å². The summed E-state index contributed by atoms with van der Waals surface area (Å²) < 4.78 is 231. The predicted molar refractivity (Wildman–Crippen MR) is 94.2 cm³/mol. The summed E-state index contributed by atoms with van der Waals surface area (Å²) >= 11 is 1.67. The Hall–Kier alpha value is -1.28. The Balaban J connectivity index is 3.57. The Morgan fingerprint density at radius 2 is 0.917 bits per heavy atom. The first kappa shape index (κ1) is 32.7. The van der Waals surface area contributed by atoms with Crippen molar-refractivity contribution in [1.29, 1.82) is 0 Å². The number of hydrogen-bond acceptors (Lipinski definition) is 1. The van der Waals surface area contributed by atoms with Gasteiger partial charge in [-0.2, -0.15) is 74.6 Å². The molecule has 0 amide bonds. The van der Waals surface area contributed by atoms with Gasteiger partial charge in [0, 0.05) is 17.1 Å². The lowest BCUT2D eigenvalue weighted by Crippen LogP contribution is -2.74. The van der Waals surface area contributed by atoms with Crippen molar-refractivity contribution in [2.75, 3.05) is 7.11 Å². The van der Waals surface area contributed by atoms with Crippen LogP contribution in [0.4, 0.5) is 74.6 Å². The molecule has 0 aliphatic carbocycles. The summed E-state index contributed by atoms with van der Waals surface area (Å²) in [6.07, 6.45) is -12.8. The number of benzene rings is 1. The maximum Gasteiger partial charge on any atom is 0.460 e. The zero-order valence-electron chi connectivity index (χ0n) is 16.8. The summed E-state index contributed by atoms with van der Waals surface area (Å²) in [7, 11) is 0.539. The second-order valence-electron chi connectivity index (χ2n) is 7.13. The molecule has 0 spiro atoms. The molecule has 1 nitrogen and oxygen atoms in total. The molecule has 1 rings (SSSR count). The van der Waals surface area contributed by atoms with Crippen LogP contribution < -0.4 is 0 Å². The third-order valence-electron chi connectivity index (χ3n) is 4.76. The average Bonchev–Trinajstić information content (AvgIpc) is 2.71. The van der Waals surface area contributed by atoms with Gasteiger partial charge in [-0.05, 0) is 40.3 Å². The second-order valence-corrected chi connectivity index (χ2v) is 8.37. The second kappa shape index (κ2) is 9.48. The van der Waals surface area contributed by atoms with Crippen LogP contribution in [0.1, 0.15) is 18.1 Å². The molecule has 0 heterocycles. The summed E-state index contributed by atoms with van der Waals surface area (Å²) in [4.78, 5) is 0. The lowest BCUT2D eigenvalue weighted by atomic mass is 9.87. The molecule has 0 fully saturated rings. The number of methoxy groups -OCH3 is 1. The fourth-order valence-corrected chi connectivity index (χ4v) is 2.93. The van der Waals surface area contributed by atoms with Crippen LogP contribution in [0.25, 0.3) is 0 Å². The summed E-state index contributed by atoms with van der Waals surface area (Å²) in [5.41, 5.74) is -0.467. The van der Waals surface area contributed by atoms with Gasteiger partial charge in [0.2, 0.25) is 0 Å². The van der Waals surface area contributed by atoms with Gasteiger partial charge in [-0.1, -0.05) is 12.1 Å². The van der Waals surface area contributed by atoms with Crippen molar-refractivity contribution in [3.05, 3.63) is 33.4 Å². The Bertz CT molecular complexity index is 907. The highest BCUT2D eigenvalue weighted by molar-refractivity contribution is 14.1. The van der Waals surface area contributed by atoms with E-state index in [1.54, 1.807) is 22.6 Å². The van der Waals surface area contributed by atoms with E-state index >= 15 is 0 Å². The Morgan fingerprint density at radius 3 is 1.25 bits per heavy atom. The molecule has 0 radical (unpaired) electrons. The molecular weight excluding hydrogens is 670 g/mol. The van der Waals surface area contributed by atoms with Crippen molar-refractivity contribution < 1.29 is 79.4 Å². The predicted octanol–water partition coefficient (Wildman–Crippen LogP) is 8.38. The molecule has 0 bridgehead atoms. The number of hydrogen-bond donors (Lipinski definition) is 0. The molecule has 0 aliphatic rings. The Labute approximate surface area is 203 Å². The van der Waals surface area contributed by atoms with E-state index in [0.29, 0.717) is 10.7 Å². The Morgan fingerprint density at radius 1 is 0.583 bits per heavy atom. The molecule has 1 unspecified atom stereocenters. The molecule has 36 heavy (non-hydrogen) atoms. The lowest BCUT2D eigenvalue weighted by molar-refractivity contribution is -0.462. The molecule has 1 atom stereocenters. The van der Waals surface area contributed by atoms with E-state index in [0.717, 1.165) is 24.3 Å². The molecule has 210 valence electrons. The highest BCUT2D eigenvalue weighted by Gasteiger charge is 2.95. The van der Waals surface area contributed by atoms with Gasteiger partial charge < -0.3 is 4.74 Å². The van der Waals surface area contributed by atoms with Crippen LogP contribution in [0.2, 0.25) is 0 Å². The van der Waals surface area contributed by atoms with Crippen molar-refractivity contribution in [1.82, 2.24) is 0 Å². The maximum atomic E-state index is 14.1. The largest absolute Gasteiger partial charge is 0.460 e. The first-order valence-corrected chi connectivity index (χ1v) is 9.75. The minimum Gasteiger partial charge on any atom is -0.377 e. The van der Waals surface area contributed by atoms with E-state index < -0.39 is 65.7 Å². The summed E-state index contributed by atoms with van der Waals surface area (Å²) in [5, 5.41) is 0. The molecule has 0 aliphatic heterocycles. The lowest BCUT2D eigenvalue weighted by Gasteiger charge is -2.43. The zero-order chi connectivity index (χ0) is 29.0. The van der Waals surface area contributed by atoms with Gasteiger partial charge in [0.1, 0.15) is 0 Å². The van der Waals surface area contributed by atoms with Gasteiger partial charge in [-0.3, -0.25) is 0 Å². The van der Waals surface area contributed by atoms with Crippen molar-refractivity contribution in [3.63, 3.8) is 0 Å². The molecule has 0 N–H and O–H groups in total. The highest BCUT2D eigenvalue weighted by atomic mass is 127. The normalized spacial score (nSPS) is 16.3. The highest BCUT2D eigenvalue weighted by Crippen LogP contribution is 2.64. The molecular formula is C17H10F17IO. The van der Waals surface area contributed by atoms with Gasteiger partial charge in [0.25, 0.3) is 0 Å². The van der Waals surface area contributed by atoms with Crippen LogP contribution in [0.5, 0.6) is 0 Å². The smallest absolute Gasteiger partial charge is 0.377 e. The van der Waals surface area contributed by atoms with E-state index in [-0.39, 0.29) is 0 Å². The Kier molecular flexibility index (Phi) is 8.62. The van der Waals surface area contributed by atoms with Crippen LogP contribution in [0, 0.1) is 3.57 Å². The van der Waals surface area contributed by atoms with E-state index in [4.69, 9.17) is 0 Å². The molecule has 1 aromatic carbocycles.